The summed E-state index contributed by atoms with van der Waals surface area (Å²) < 4.78 is 8.73. The molecule has 0 aliphatic rings. The number of halogens is 2. The normalized spacial score (nSPS) is 13.0. The zero-order valence-electron chi connectivity index (χ0n) is 18.9. The minimum absolute atomic E-state index is 0.150. The topological polar surface area (TPSA) is 114 Å². The van der Waals surface area contributed by atoms with Gasteiger partial charge in [-0.15, -0.1) is 0 Å². The van der Waals surface area contributed by atoms with Gasteiger partial charge in [0.15, 0.2) is 0 Å². The van der Waals surface area contributed by atoms with Crippen LogP contribution in [0.1, 0.15) is 11.7 Å². The summed E-state index contributed by atoms with van der Waals surface area (Å²) in [7, 11) is 1.59. The quantitative estimate of drug-likeness (QED) is 0.181. The molecule has 10 heteroatoms. The van der Waals surface area contributed by atoms with Crippen molar-refractivity contribution >= 4 is 51.8 Å². The fourth-order valence-corrected chi connectivity index (χ4v) is 4.06. The number of methoxy groups -OCH3 is 1. The molecule has 4 rings (SSSR count). The van der Waals surface area contributed by atoms with Crippen LogP contribution < -0.4 is 16.2 Å². The Hall–Kier alpha value is -3.59. The van der Waals surface area contributed by atoms with Crippen LogP contribution in [0.5, 0.6) is 5.75 Å². The second-order valence-electron chi connectivity index (χ2n) is 7.78. The third-order valence-corrected chi connectivity index (χ3v) is 6.30. The number of rotatable bonds is 8. The van der Waals surface area contributed by atoms with Crippen molar-refractivity contribution in [3.63, 3.8) is 0 Å². The van der Waals surface area contributed by atoms with Crippen LogP contribution in [0.25, 0.3) is 11.0 Å². The zero-order chi connectivity index (χ0) is 24.9. The van der Waals surface area contributed by atoms with Gasteiger partial charge in [-0.05, 0) is 42.0 Å². The van der Waals surface area contributed by atoms with Gasteiger partial charge in [0.1, 0.15) is 5.75 Å². The smallest absolute Gasteiger partial charge is 0.203 e. The van der Waals surface area contributed by atoms with Crippen molar-refractivity contribution in [2.45, 2.75) is 19.2 Å². The predicted molar refractivity (Wildman–Crippen MR) is 140 cm³/mol. The molecule has 3 aromatic carbocycles. The number of hydrogen-bond acceptors (Lipinski definition) is 6. The SMILES string of the molecule is COc1cccc(N=C/C(Cn2c(=N)n(CC(O)c3ccc(Cl)c(Cl)c3)c3ccccc32)=N\N)c1. The summed E-state index contributed by atoms with van der Waals surface area (Å²) in [6.45, 7) is 0.372. The second kappa shape index (κ2) is 10.8. The Balaban J connectivity index is 1.64. The molecule has 4 N–H and O–H groups in total. The van der Waals surface area contributed by atoms with E-state index >= 15 is 0 Å². The number of aromatic nitrogens is 2. The van der Waals surface area contributed by atoms with E-state index in [9.17, 15) is 5.11 Å². The van der Waals surface area contributed by atoms with Gasteiger partial charge in [-0.25, -0.2) is 0 Å². The molecule has 0 amide bonds. The van der Waals surface area contributed by atoms with Gasteiger partial charge in [0.25, 0.3) is 0 Å². The van der Waals surface area contributed by atoms with Crippen LogP contribution in [0.3, 0.4) is 0 Å². The molecule has 35 heavy (non-hydrogen) atoms. The molecule has 0 radical (unpaired) electrons. The van der Waals surface area contributed by atoms with Crippen LogP contribution >= 0.6 is 23.2 Å². The van der Waals surface area contributed by atoms with Crippen molar-refractivity contribution in [2.75, 3.05) is 7.11 Å². The van der Waals surface area contributed by atoms with Crippen LogP contribution in [0.4, 0.5) is 5.69 Å². The van der Waals surface area contributed by atoms with E-state index in [0.29, 0.717) is 32.8 Å². The Labute approximate surface area is 212 Å². The Kier molecular flexibility index (Phi) is 7.55. The molecular weight excluding hydrogens is 487 g/mol. The molecule has 1 heterocycles. The maximum Gasteiger partial charge on any atom is 0.203 e. The van der Waals surface area contributed by atoms with Crippen LogP contribution in [0.15, 0.2) is 76.8 Å². The lowest BCUT2D eigenvalue weighted by Crippen LogP contribution is -2.29. The first kappa shape index (κ1) is 24.5. The zero-order valence-corrected chi connectivity index (χ0v) is 20.4. The van der Waals surface area contributed by atoms with E-state index in [0.717, 1.165) is 11.0 Å². The standard InChI is InChI=1S/C25H24Cl2N6O2/c1-35-19-6-4-5-17(12-19)30-13-18(31-29)14-32-22-7-2-3-8-23(22)33(25(32)28)15-24(34)16-9-10-20(26)21(27)11-16/h2-13,24,28,34H,14-15,29H2,1H3/b28-25?,30-13?,31-18+. The van der Waals surface area contributed by atoms with Gasteiger partial charge in [-0.2, -0.15) is 5.10 Å². The molecule has 1 atom stereocenters. The van der Waals surface area contributed by atoms with Gasteiger partial charge in [0.2, 0.25) is 5.62 Å². The van der Waals surface area contributed by atoms with Crippen molar-refractivity contribution in [1.82, 2.24) is 9.13 Å². The number of nitrogens with two attached hydrogens (primary N) is 1. The van der Waals surface area contributed by atoms with E-state index in [4.69, 9.17) is 39.2 Å². The summed E-state index contributed by atoms with van der Waals surface area (Å²) in [6, 6.07) is 19.9. The summed E-state index contributed by atoms with van der Waals surface area (Å²) in [6.07, 6.45) is 0.674. The molecule has 180 valence electrons. The van der Waals surface area contributed by atoms with Crippen LogP contribution in [-0.2, 0) is 13.1 Å². The van der Waals surface area contributed by atoms with E-state index in [1.54, 1.807) is 46.7 Å². The molecule has 0 aliphatic heterocycles. The molecule has 0 aliphatic carbocycles. The molecule has 8 nitrogen and oxygen atoms in total. The number of aliphatic hydroxyl groups excluding tert-OH is 1. The van der Waals surface area contributed by atoms with Gasteiger partial charge in [-0.3, -0.25) is 10.4 Å². The molecule has 4 aromatic rings. The number of benzene rings is 3. The number of aliphatic imine (C=N–C) groups is 1. The van der Waals surface area contributed by atoms with Gasteiger partial charge in [0, 0.05) is 6.07 Å². The minimum atomic E-state index is -0.893. The Bertz CT molecular complexity index is 1470. The van der Waals surface area contributed by atoms with Crippen molar-refractivity contribution in [3.8, 4) is 5.75 Å². The summed E-state index contributed by atoms with van der Waals surface area (Å²) in [5.74, 6) is 6.34. The molecule has 1 unspecified atom stereocenters. The Morgan fingerprint density at radius 1 is 1.06 bits per heavy atom. The number of nitrogens with one attached hydrogen (secondary N) is 1. The highest BCUT2D eigenvalue weighted by atomic mass is 35.5. The first-order valence-electron chi connectivity index (χ1n) is 10.7. The maximum absolute atomic E-state index is 10.9. The Morgan fingerprint density at radius 3 is 2.49 bits per heavy atom. The molecule has 0 saturated heterocycles. The second-order valence-corrected chi connectivity index (χ2v) is 8.59. The lowest BCUT2D eigenvalue weighted by molar-refractivity contribution is 0.156. The third kappa shape index (κ3) is 5.40. The maximum atomic E-state index is 10.9. The van der Waals surface area contributed by atoms with Crippen molar-refractivity contribution in [2.24, 2.45) is 15.9 Å². The van der Waals surface area contributed by atoms with Gasteiger partial charge >= 0.3 is 0 Å². The summed E-state index contributed by atoms with van der Waals surface area (Å²) in [5, 5.41) is 24.4. The Morgan fingerprint density at radius 2 is 1.80 bits per heavy atom. The molecule has 0 fully saturated rings. The fourth-order valence-electron chi connectivity index (χ4n) is 3.75. The molecule has 1 aromatic heterocycles. The number of aliphatic hydroxyl groups is 1. The summed E-state index contributed by atoms with van der Waals surface area (Å²) in [4.78, 5) is 4.44. The molecule has 0 spiro atoms. The highest BCUT2D eigenvalue weighted by Crippen LogP contribution is 2.27. The van der Waals surface area contributed by atoms with Gasteiger partial charge in [0.05, 0.1) is 65.0 Å². The minimum Gasteiger partial charge on any atom is -0.497 e. The first-order chi connectivity index (χ1) is 16.9. The van der Waals surface area contributed by atoms with Gasteiger partial charge < -0.3 is 24.8 Å². The lowest BCUT2D eigenvalue weighted by atomic mass is 10.1. The number of imidazole rings is 1. The fraction of sp³-hybridized carbons (Fsp3) is 0.160. The molecule has 0 saturated carbocycles. The number of nitrogens with zero attached hydrogens (tertiary/aromatic N) is 4. The van der Waals surface area contributed by atoms with E-state index in [1.807, 2.05) is 42.5 Å². The van der Waals surface area contributed by atoms with E-state index in [1.165, 1.54) is 0 Å². The number of ether oxygens (including phenoxy) is 1. The number of fused-ring (bicyclic) bond motifs is 1. The average Bonchev–Trinajstić information content (AvgIpc) is 3.13. The lowest BCUT2D eigenvalue weighted by Gasteiger charge is -2.13. The molecule has 0 bridgehead atoms. The van der Waals surface area contributed by atoms with E-state index < -0.39 is 6.10 Å². The third-order valence-electron chi connectivity index (χ3n) is 5.56. The summed E-state index contributed by atoms with van der Waals surface area (Å²) >= 11 is 12.1. The van der Waals surface area contributed by atoms with E-state index in [-0.39, 0.29) is 18.7 Å². The monoisotopic (exact) mass is 510 g/mol. The predicted octanol–water partition coefficient (Wildman–Crippen LogP) is 4.69. The highest BCUT2D eigenvalue weighted by Gasteiger charge is 2.17. The first-order valence-corrected chi connectivity index (χ1v) is 11.5. The van der Waals surface area contributed by atoms with Crippen LogP contribution in [0.2, 0.25) is 10.0 Å². The number of hydrogen-bond donors (Lipinski definition) is 3. The van der Waals surface area contributed by atoms with Crippen molar-refractivity contribution in [3.05, 3.63) is 88.0 Å². The van der Waals surface area contributed by atoms with Crippen LogP contribution in [-0.4, -0.2) is 33.3 Å². The largest absolute Gasteiger partial charge is 0.497 e. The van der Waals surface area contributed by atoms with Gasteiger partial charge in [-0.1, -0.05) is 47.5 Å². The van der Waals surface area contributed by atoms with E-state index in [2.05, 4.69) is 10.1 Å². The highest BCUT2D eigenvalue weighted by molar-refractivity contribution is 6.42. The van der Waals surface area contributed by atoms with Crippen molar-refractivity contribution < 1.29 is 9.84 Å². The average molecular weight is 511 g/mol. The number of para-hydroxylation sites is 2. The van der Waals surface area contributed by atoms with Crippen molar-refractivity contribution in [1.29, 1.82) is 5.41 Å². The number of hydrazone groups is 1. The summed E-state index contributed by atoms with van der Waals surface area (Å²) in [5.41, 5.74) is 3.54. The molecular formula is C25H24Cl2N6O2. The van der Waals surface area contributed by atoms with Crippen LogP contribution in [0, 0.1) is 5.41 Å².